The second-order valence-electron chi connectivity index (χ2n) is 3.92. The van der Waals surface area contributed by atoms with Gasteiger partial charge in [-0.05, 0) is 50.2 Å². The van der Waals surface area contributed by atoms with Crippen LogP contribution in [0.3, 0.4) is 0 Å². The molecule has 0 saturated heterocycles. The van der Waals surface area contributed by atoms with Crippen LogP contribution in [-0.2, 0) is 6.42 Å². The van der Waals surface area contributed by atoms with Gasteiger partial charge in [0.15, 0.2) is 0 Å². The molecule has 1 unspecified atom stereocenters. The maximum atomic E-state index is 12.8. The quantitative estimate of drug-likeness (QED) is 0.828. The Hall–Kier alpha value is -1.13. The summed E-state index contributed by atoms with van der Waals surface area (Å²) in [5.74, 6) is 0.469. The molecular formula is C13H20FNO2. The molecule has 2 rings (SSSR count). The van der Waals surface area contributed by atoms with Crippen LogP contribution in [0.4, 0.5) is 4.39 Å². The molecule has 0 radical (unpaired) electrons. The number of aliphatic hydroxyl groups is 1. The smallest absolute Gasteiger partial charge is 0.123 e. The van der Waals surface area contributed by atoms with Gasteiger partial charge in [0.1, 0.15) is 17.7 Å². The number of hydrogen-bond acceptors (Lipinski definition) is 3. The van der Waals surface area contributed by atoms with E-state index in [2.05, 4.69) is 12.2 Å². The van der Waals surface area contributed by atoms with Crippen molar-refractivity contribution in [1.29, 1.82) is 0 Å². The van der Waals surface area contributed by atoms with E-state index in [0.717, 1.165) is 24.9 Å². The van der Waals surface area contributed by atoms with Crippen LogP contribution in [0.1, 0.15) is 18.9 Å². The Balaban J connectivity index is 0.000000317. The third-order valence-corrected chi connectivity index (χ3v) is 2.61. The van der Waals surface area contributed by atoms with Crippen molar-refractivity contribution in [1.82, 2.24) is 5.32 Å². The molecule has 3 nitrogen and oxygen atoms in total. The Morgan fingerprint density at radius 2 is 2.24 bits per heavy atom. The highest BCUT2D eigenvalue weighted by Crippen LogP contribution is 2.27. The van der Waals surface area contributed by atoms with Gasteiger partial charge in [-0.15, -0.1) is 0 Å². The van der Waals surface area contributed by atoms with Crippen molar-refractivity contribution in [3.05, 3.63) is 29.6 Å². The fourth-order valence-electron chi connectivity index (χ4n) is 1.54. The number of rotatable bonds is 2. The number of aliphatic hydroxyl groups excluding tert-OH is 1. The summed E-state index contributed by atoms with van der Waals surface area (Å²) in [6, 6.07) is 4.48. The SMILES string of the molecule is CCNC.OCC1CCc2cc(F)ccc2O1. The summed E-state index contributed by atoms with van der Waals surface area (Å²) in [5.41, 5.74) is 0.893. The highest BCUT2D eigenvalue weighted by atomic mass is 19.1. The van der Waals surface area contributed by atoms with E-state index in [1.165, 1.54) is 12.1 Å². The lowest BCUT2D eigenvalue weighted by molar-refractivity contribution is 0.0976. The zero-order chi connectivity index (χ0) is 12.7. The minimum absolute atomic E-state index is 0.0246. The number of aryl methyl sites for hydroxylation is 1. The fourth-order valence-corrected chi connectivity index (χ4v) is 1.54. The van der Waals surface area contributed by atoms with Crippen LogP contribution in [0.15, 0.2) is 18.2 Å². The van der Waals surface area contributed by atoms with E-state index in [-0.39, 0.29) is 18.5 Å². The Morgan fingerprint density at radius 3 is 2.82 bits per heavy atom. The first kappa shape index (κ1) is 13.9. The number of benzene rings is 1. The van der Waals surface area contributed by atoms with Gasteiger partial charge >= 0.3 is 0 Å². The van der Waals surface area contributed by atoms with Gasteiger partial charge in [-0.25, -0.2) is 4.39 Å². The summed E-state index contributed by atoms with van der Waals surface area (Å²) in [6.45, 7) is 3.16. The van der Waals surface area contributed by atoms with Crippen LogP contribution in [-0.4, -0.2) is 31.4 Å². The molecule has 4 heteroatoms. The molecule has 0 saturated carbocycles. The zero-order valence-corrected chi connectivity index (χ0v) is 10.4. The van der Waals surface area contributed by atoms with Gasteiger partial charge in [-0.2, -0.15) is 0 Å². The van der Waals surface area contributed by atoms with Crippen LogP contribution in [0.2, 0.25) is 0 Å². The molecule has 1 atom stereocenters. The van der Waals surface area contributed by atoms with Gasteiger partial charge < -0.3 is 15.2 Å². The average Bonchev–Trinajstić information content (AvgIpc) is 2.38. The molecule has 2 N–H and O–H groups in total. The molecule has 1 aromatic rings. The van der Waals surface area contributed by atoms with Crippen molar-refractivity contribution < 1.29 is 14.2 Å². The van der Waals surface area contributed by atoms with Crippen molar-refractivity contribution in [3.63, 3.8) is 0 Å². The standard InChI is InChI=1S/C10H11FO2.C3H9N/c11-8-2-4-10-7(5-8)1-3-9(6-12)13-10;1-3-4-2/h2,4-5,9,12H,1,3,6H2;4H,3H2,1-2H3. The van der Waals surface area contributed by atoms with E-state index in [4.69, 9.17) is 9.84 Å². The highest BCUT2D eigenvalue weighted by Gasteiger charge is 2.18. The first-order valence-corrected chi connectivity index (χ1v) is 5.91. The zero-order valence-electron chi connectivity index (χ0n) is 10.4. The molecule has 0 aliphatic carbocycles. The lowest BCUT2D eigenvalue weighted by Gasteiger charge is -2.24. The molecule has 96 valence electrons. The number of hydrogen-bond donors (Lipinski definition) is 2. The lowest BCUT2D eigenvalue weighted by atomic mass is 10.0. The predicted molar refractivity (Wildman–Crippen MR) is 65.8 cm³/mol. The van der Waals surface area contributed by atoms with Gasteiger partial charge in [0.2, 0.25) is 0 Å². The van der Waals surface area contributed by atoms with E-state index in [1.54, 1.807) is 6.07 Å². The minimum Gasteiger partial charge on any atom is -0.488 e. The second-order valence-corrected chi connectivity index (χ2v) is 3.92. The van der Waals surface area contributed by atoms with E-state index < -0.39 is 0 Å². The molecule has 0 bridgehead atoms. The molecule has 1 aromatic carbocycles. The van der Waals surface area contributed by atoms with E-state index >= 15 is 0 Å². The van der Waals surface area contributed by atoms with Gasteiger partial charge in [0.25, 0.3) is 0 Å². The van der Waals surface area contributed by atoms with Gasteiger partial charge in [-0.1, -0.05) is 6.92 Å². The number of nitrogens with one attached hydrogen (secondary N) is 1. The van der Waals surface area contributed by atoms with Crippen LogP contribution in [0.25, 0.3) is 0 Å². The monoisotopic (exact) mass is 241 g/mol. The molecule has 1 aliphatic heterocycles. The summed E-state index contributed by atoms with van der Waals surface area (Å²) in [4.78, 5) is 0. The maximum absolute atomic E-state index is 12.8. The number of ether oxygens (including phenoxy) is 1. The minimum atomic E-state index is -0.232. The van der Waals surface area contributed by atoms with Crippen molar-refractivity contribution in [2.75, 3.05) is 20.2 Å². The summed E-state index contributed by atoms with van der Waals surface area (Å²) >= 11 is 0. The molecule has 1 heterocycles. The second kappa shape index (κ2) is 7.25. The normalized spacial score (nSPS) is 17.5. The maximum Gasteiger partial charge on any atom is 0.123 e. The molecule has 0 spiro atoms. The van der Waals surface area contributed by atoms with E-state index in [0.29, 0.717) is 5.75 Å². The average molecular weight is 241 g/mol. The summed E-state index contributed by atoms with van der Waals surface area (Å²) < 4.78 is 18.2. The highest BCUT2D eigenvalue weighted by molar-refractivity contribution is 5.35. The van der Waals surface area contributed by atoms with Crippen molar-refractivity contribution in [3.8, 4) is 5.75 Å². The topological polar surface area (TPSA) is 41.5 Å². The number of halogens is 1. The lowest BCUT2D eigenvalue weighted by Crippen LogP contribution is -2.26. The van der Waals surface area contributed by atoms with Crippen LogP contribution in [0, 0.1) is 5.82 Å². The van der Waals surface area contributed by atoms with Crippen molar-refractivity contribution in [2.24, 2.45) is 0 Å². The number of fused-ring (bicyclic) bond motifs is 1. The summed E-state index contributed by atoms with van der Waals surface area (Å²) in [7, 11) is 1.93. The van der Waals surface area contributed by atoms with Crippen molar-refractivity contribution >= 4 is 0 Å². The van der Waals surface area contributed by atoms with Crippen LogP contribution in [0.5, 0.6) is 5.75 Å². The third-order valence-electron chi connectivity index (χ3n) is 2.61. The largest absolute Gasteiger partial charge is 0.488 e. The van der Waals surface area contributed by atoms with Crippen LogP contribution < -0.4 is 10.1 Å². The predicted octanol–water partition coefficient (Wildman–Crippen LogP) is 1.74. The Bertz CT molecular complexity index is 342. The first-order valence-electron chi connectivity index (χ1n) is 5.91. The van der Waals surface area contributed by atoms with E-state index in [9.17, 15) is 4.39 Å². The Kier molecular flexibility index (Phi) is 5.94. The van der Waals surface area contributed by atoms with Crippen molar-refractivity contribution in [2.45, 2.75) is 25.9 Å². The molecular weight excluding hydrogens is 221 g/mol. The Morgan fingerprint density at radius 1 is 1.53 bits per heavy atom. The molecule has 17 heavy (non-hydrogen) atoms. The van der Waals surface area contributed by atoms with Gasteiger partial charge in [0.05, 0.1) is 6.61 Å². The third kappa shape index (κ3) is 4.32. The first-order chi connectivity index (χ1) is 8.21. The molecule has 0 aromatic heterocycles. The van der Waals surface area contributed by atoms with Gasteiger partial charge in [0, 0.05) is 0 Å². The van der Waals surface area contributed by atoms with Crippen LogP contribution >= 0.6 is 0 Å². The fraction of sp³-hybridized carbons (Fsp3) is 0.538. The summed E-state index contributed by atoms with van der Waals surface area (Å²) in [5, 5.41) is 11.8. The summed E-state index contributed by atoms with van der Waals surface area (Å²) in [6.07, 6.45) is 1.41. The van der Waals surface area contributed by atoms with E-state index in [1.807, 2.05) is 7.05 Å². The molecule has 1 aliphatic rings. The molecule has 0 amide bonds. The Labute approximate surface area is 102 Å². The molecule has 0 fully saturated rings. The van der Waals surface area contributed by atoms with Gasteiger partial charge in [-0.3, -0.25) is 0 Å².